The van der Waals surface area contributed by atoms with E-state index in [1.807, 2.05) is 20.8 Å². The Morgan fingerprint density at radius 2 is 1.29 bits per heavy atom. The third kappa shape index (κ3) is 14.9. The van der Waals surface area contributed by atoms with E-state index in [9.17, 15) is 18.9 Å². The second kappa shape index (κ2) is 15.2. The Balaban J connectivity index is 4.87. The second-order valence-electron chi connectivity index (χ2n) is 9.64. The van der Waals surface area contributed by atoms with E-state index in [0.29, 0.717) is 5.92 Å². The van der Waals surface area contributed by atoms with Crippen molar-refractivity contribution in [1.29, 1.82) is 0 Å². The minimum Gasteiger partial charge on any atom is -0.323 e. The van der Waals surface area contributed by atoms with Crippen molar-refractivity contribution in [1.82, 2.24) is 4.90 Å². The molecular formula is C22H49NO6P2. The van der Waals surface area contributed by atoms with E-state index >= 15 is 0 Å². The highest BCUT2D eigenvalue weighted by molar-refractivity contribution is 7.53. The van der Waals surface area contributed by atoms with Gasteiger partial charge in [0.2, 0.25) is 0 Å². The fourth-order valence-corrected chi connectivity index (χ4v) is 6.47. The van der Waals surface area contributed by atoms with Gasteiger partial charge in [-0.25, -0.2) is 0 Å². The zero-order chi connectivity index (χ0) is 24.1. The minimum absolute atomic E-state index is 0.213. The third-order valence-corrected chi connectivity index (χ3v) is 8.44. The zero-order valence-electron chi connectivity index (χ0n) is 21.0. The lowest BCUT2D eigenvalue weighted by Crippen LogP contribution is -2.42. The van der Waals surface area contributed by atoms with Gasteiger partial charge in [-0.1, -0.05) is 59.8 Å². The van der Waals surface area contributed by atoms with Crippen molar-refractivity contribution >= 4 is 15.2 Å². The van der Waals surface area contributed by atoms with Gasteiger partial charge in [0.1, 0.15) is 12.6 Å². The molecule has 0 aromatic heterocycles. The smallest absolute Gasteiger partial charge is 0.323 e. The van der Waals surface area contributed by atoms with Crippen LogP contribution in [-0.4, -0.2) is 46.0 Å². The first-order valence-corrected chi connectivity index (χ1v) is 15.5. The maximum absolute atomic E-state index is 12.7. The van der Waals surface area contributed by atoms with Gasteiger partial charge in [-0.2, -0.15) is 0 Å². The molecule has 0 heterocycles. The van der Waals surface area contributed by atoms with Gasteiger partial charge in [0.05, 0.1) is 13.2 Å². The first kappa shape index (κ1) is 31.3. The molecule has 0 bridgehead atoms. The van der Waals surface area contributed by atoms with E-state index in [0.717, 1.165) is 51.4 Å². The Labute approximate surface area is 191 Å². The van der Waals surface area contributed by atoms with Crippen LogP contribution in [0.1, 0.15) is 99.8 Å². The summed E-state index contributed by atoms with van der Waals surface area (Å²) in [5, 5.41) is 0. The summed E-state index contributed by atoms with van der Waals surface area (Å²) >= 11 is 0. The molecule has 0 fully saturated rings. The Morgan fingerprint density at radius 1 is 0.806 bits per heavy atom. The average Bonchev–Trinajstić information content (AvgIpc) is 2.66. The molecule has 0 aliphatic heterocycles. The van der Waals surface area contributed by atoms with Crippen molar-refractivity contribution in [2.24, 2.45) is 11.8 Å². The van der Waals surface area contributed by atoms with Crippen LogP contribution in [0, 0.1) is 11.8 Å². The van der Waals surface area contributed by atoms with Crippen LogP contribution in [0.25, 0.3) is 0 Å². The molecule has 7 nitrogen and oxygen atoms in total. The molecule has 0 amide bonds. The largest absolute Gasteiger partial charge is 0.342 e. The molecule has 0 spiro atoms. The van der Waals surface area contributed by atoms with Crippen LogP contribution in [-0.2, 0) is 18.2 Å². The van der Waals surface area contributed by atoms with Gasteiger partial charge in [0.15, 0.2) is 0 Å². The molecule has 188 valence electrons. The van der Waals surface area contributed by atoms with Crippen LogP contribution in [0.4, 0.5) is 0 Å². The van der Waals surface area contributed by atoms with Gasteiger partial charge in [-0.3, -0.25) is 14.0 Å². The number of unbranched alkanes of at least 4 members (excludes halogenated alkanes) is 1. The van der Waals surface area contributed by atoms with E-state index in [4.69, 9.17) is 9.05 Å². The molecule has 31 heavy (non-hydrogen) atoms. The van der Waals surface area contributed by atoms with Crippen LogP contribution in [0.3, 0.4) is 0 Å². The van der Waals surface area contributed by atoms with Gasteiger partial charge in [0, 0.05) is 5.54 Å². The lowest BCUT2D eigenvalue weighted by Gasteiger charge is -2.37. The standard InChI is InChI=1S/C22H49NO6P2/c1-8-12-14-21(11-4)17-29-31(26,27)19-23(22(5,6)7)18-30(24,25)28-16-13-15-20(9-2)10-3/h20-21H,8-19H2,1-7H3,(H,24,25)(H,26,27). The van der Waals surface area contributed by atoms with Gasteiger partial charge in [0.25, 0.3) is 0 Å². The number of nitrogens with zero attached hydrogens (tertiary/aromatic N) is 1. The summed E-state index contributed by atoms with van der Waals surface area (Å²) in [5.41, 5.74) is -0.592. The van der Waals surface area contributed by atoms with Gasteiger partial charge < -0.3 is 18.8 Å². The topological polar surface area (TPSA) is 96.3 Å². The van der Waals surface area contributed by atoms with Crippen LogP contribution >= 0.6 is 15.2 Å². The van der Waals surface area contributed by atoms with E-state index in [2.05, 4.69) is 27.7 Å². The Hall–Kier alpha value is 0.260. The predicted octanol–water partition coefficient (Wildman–Crippen LogP) is 6.84. The Morgan fingerprint density at radius 3 is 1.74 bits per heavy atom. The lowest BCUT2D eigenvalue weighted by molar-refractivity contribution is 0.140. The van der Waals surface area contributed by atoms with Crippen LogP contribution in [0.5, 0.6) is 0 Å². The summed E-state index contributed by atoms with van der Waals surface area (Å²) in [4.78, 5) is 22.3. The highest BCUT2D eigenvalue weighted by Crippen LogP contribution is 2.49. The molecule has 0 rings (SSSR count). The number of hydrogen-bond donors (Lipinski definition) is 2. The second-order valence-corrected chi connectivity index (χ2v) is 13.3. The normalized spacial score (nSPS) is 17.6. The fourth-order valence-electron chi connectivity index (χ4n) is 3.38. The van der Waals surface area contributed by atoms with Gasteiger partial charge in [-0.05, 0) is 51.9 Å². The summed E-state index contributed by atoms with van der Waals surface area (Å²) in [5.74, 6) is 0.847. The molecule has 0 radical (unpaired) electrons. The maximum atomic E-state index is 12.7. The molecule has 0 aliphatic carbocycles. The van der Waals surface area contributed by atoms with Crippen molar-refractivity contribution in [3.63, 3.8) is 0 Å². The molecule has 3 unspecified atom stereocenters. The monoisotopic (exact) mass is 485 g/mol. The molecule has 2 N–H and O–H groups in total. The van der Waals surface area contributed by atoms with Crippen molar-refractivity contribution in [2.45, 2.75) is 105 Å². The molecular weight excluding hydrogens is 436 g/mol. The summed E-state index contributed by atoms with van der Waals surface area (Å²) in [6, 6.07) is 0. The van der Waals surface area contributed by atoms with E-state index < -0.39 is 20.7 Å². The van der Waals surface area contributed by atoms with E-state index in [-0.39, 0.29) is 31.7 Å². The number of hydrogen-bond acceptors (Lipinski definition) is 5. The molecule has 0 aromatic rings. The van der Waals surface area contributed by atoms with Crippen LogP contribution < -0.4 is 0 Å². The van der Waals surface area contributed by atoms with E-state index in [1.165, 1.54) is 4.90 Å². The van der Waals surface area contributed by atoms with Crippen LogP contribution in [0.2, 0.25) is 0 Å². The summed E-state index contributed by atoms with van der Waals surface area (Å²) in [6.07, 6.45) is 7.26. The van der Waals surface area contributed by atoms with Crippen molar-refractivity contribution in [3.8, 4) is 0 Å². The molecule has 3 atom stereocenters. The predicted molar refractivity (Wildman–Crippen MR) is 129 cm³/mol. The lowest BCUT2D eigenvalue weighted by atomic mass is 9.98. The van der Waals surface area contributed by atoms with Gasteiger partial charge >= 0.3 is 15.2 Å². The summed E-state index contributed by atoms with van der Waals surface area (Å²) < 4.78 is 36.1. The number of rotatable bonds is 18. The molecule has 0 aliphatic rings. The van der Waals surface area contributed by atoms with Crippen molar-refractivity contribution in [3.05, 3.63) is 0 Å². The van der Waals surface area contributed by atoms with Crippen molar-refractivity contribution < 1.29 is 28.0 Å². The highest BCUT2D eigenvalue weighted by atomic mass is 31.2. The Kier molecular flexibility index (Phi) is 15.3. The van der Waals surface area contributed by atoms with E-state index in [1.54, 1.807) is 0 Å². The first-order valence-electron chi connectivity index (χ1n) is 12.0. The SMILES string of the molecule is CCCCC(CC)COP(=O)(O)CN(CP(=O)(O)OCCCC(CC)CC)C(C)(C)C. The molecule has 0 saturated heterocycles. The van der Waals surface area contributed by atoms with Crippen molar-refractivity contribution in [2.75, 3.05) is 25.8 Å². The fraction of sp³-hybridized carbons (Fsp3) is 1.00. The maximum Gasteiger partial charge on any atom is 0.342 e. The minimum atomic E-state index is -3.95. The average molecular weight is 486 g/mol. The Bertz CT molecular complexity index is 563. The summed E-state index contributed by atoms with van der Waals surface area (Å²) in [7, 11) is -7.87. The highest BCUT2D eigenvalue weighted by Gasteiger charge is 2.36. The summed E-state index contributed by atoms with van der Waals surface area (Å²) in [6.45, 7) is 14.4. The van der Waals surface area contributed by atoms with Crippen LogP contribution in [0.15, 0.2) is 0 Å². The quantitative estimate of drug-likeness (QED) is 0.162. The molecule has 0 aromatic carbocycles. The first-order chi connectivity index (χ1) is 14.3. The third-order valence-electron chi connectivity index (χ3n) is 5.91. The molecule has 9 heteroatoms. The van der Waals surface area contributed by atoms with Gasteiger partial charge in [-0.15, -0.1) is 0 Å². The molecule has 0 saturated carbocycles. The zero-order valence-corrected chi connectivity index (χ0v) is 22.8.